The lowest BCUT2D eigenvalue weighted by Crippen LogP contribution is -2.42. The molecule has 0 spiro atoms. The summed E-state index contributed by atoms with van der Waals surface area (Å²) in [6.07, 6.45) is 0. The number of nitrogens with one attached hydrogen (secondary N) is 1. The van der Waals surface area contributed by atoms with Crippen molar-refractivity contribution in [2.75, 3.05) is 0 Å². The van der Waals surface area contributed by atoms with Crippen molar-refractivity contribution in [3.63, 3.8) is 0 Å². The van der Waals surface area contributed by atoms with Gasteiger partial charge in [-0.1, -0.05) is 49.9 Å². The lowest BCUT2D eigenvalue weighted by atomic mass is 10.1. The molecule has 2 rings (SSSR count). The second kappa shape index (κ2) is 7.48. The van der Waals surface area contributed by atoms with E-state index in [1.54, 1.807) is 0 Å². The van der Waals surface area contributed by atoms with Crippen LogP contribution in [0.3, 0.4) is 0 Å². The van der Waals surface area contributed by atoms with Gasteiger partial charge in [0.1, 0.15) is 0 Å². The van der Waals surface area contributed by atoms with Crippen molar-refractivity contribution >= 4 is 23.7 Å². The summed E-state index contributed by atoms with van der Waals surface area (Å²) in [6, 6.07) is 7.04. The summed E-state index contributed by atoms with van der Waals surface area (Å²) in [7, 11) is 1.85. The summed E-state index contributed by atoms with van der Waals surface area (Å²) in [5.41, 5.74) is 7.12. The fraction of sp³-hybridized carbons (Fsp3) is 0.375. The maximum absolute atomic E-state index is 12.2. The zero-order valence-electron chi connectivity index (χ0n) is 14.1. The average Bonchev–Trinajstić information content (AvgIpc) is 2.85. The van der Waals surface area contributed by atoms with Crippen LogP contribution in [0.5, 0.6) is 0 Å². The van der Waals surface area contributed by atoms with Gasteiger partial charge in [-0.25, -0.2) is 4.79 Å². The van der Waals surface area contributed by atoms with E-state index in [0.717, 1.165) is 17.0 Å². The number of rotatable bonds is 5. The minimum atomic E-state index is -0.857. The number of imide groups is 1. The van der Waals surface area contributed by atoms with Gasteiger partial charge in [0.25, 0.3) is 0 Å². The molecule has 1 atom stereocenters. The fourth-order valence-corrected chi connectivity index (χ4v) is 3.27. The zero-order valence-corrected chi connectivity index (χ0v) is 14.9. The Morgan fingerprint density at radius 1 is 1.25 bits per heavy atom. The average molecular weight is 347 g/mol. The normalized spacial score (nSPS) is 12.2. The Hall–Kier alpha value is -2.35. The number of nitrogens with zero attached hydrogens (tertiary/aromatic N) is 3. The number of urea groups is 1. The summed E-state index contributed by atoms with van der Waals surface area (Å²) in [5, 5.41) is 10.7. The van der Waals surface area contributed by atoms with Gasteiger partial charge in [0.2, 0.25) is 5.91 Å². The highest BCUT2D eigenvalue weighted by molar-refractivity contribution is 8.00. The molecule has 0 saturated carbocycles. The predicted molar refractivity (Wildman–Crippen MR) is 93.4 cm³/mol. The van der Waals surface area contributed by atoms with Crippen molar-refractivity contribution in [2.45, 2.75) is 31.2 Å². The van der Waals surface area contributed by atoms with E-state index >= 15 is 0 Å². The third kappa shape index (κ3) is 3.94. The first kappa shape index (κ1) is 18.0. The fourth-order valence-electron chi connectivity index (χ4n) is 2.27. The summed E-state index contributed by atoms with van der Waals surface area (Å²) in [4.78, 5) is 23.1. The van der Waals surface area contributed by atoms with E-state index in [4.69, 9.17) is 5.73 Å². The number of amides is 3. The van der Waals surface area contributed by atoms with Crippen molar-refractivity contribution in [1.29, 1.82) is 0 Å². The molecule has 0 fully saturated rings. The van der Waals surface area contributed by atoms with Crippen molar-refractivity contribution in [1.82, 2.24) is 20.1 Å². The first-order valence-corrected chi connectivity index (χ1v) is 8.41. The summed E-state index contributed by atoms with van der Waals surface area (Å²) in [6.45, 7) is 5.81. The van der Waals surface area contributed by atoms with Crippen molar-refractivity contribution in [3.8, 4) is 11.4 Å². The molecule has 0 radical (unpaired) electrons. The van der Waals surface area contributed by atoms with Gasteiger partial charge in [0.05, 0.1) is 5.25 Å². The van der Waals surface area contributed by atoms with Crippen molar-refractivity contribution in [2.24, 2.45) is 18.7 Å². The van der Waals surface area contributed by atoms with Crippen LogP contribution < -0.4 is 11.1 Å². The quantitative estimate of drug-likeness (QED) is 0.806. The Balaban J connectivity index is 2.28. The van der Waals surface area contributed by atoms with Crippen LogP contribution in [0.25, 0.3) is 11.4 Å². The van der Waals surface area contributed by atoms with Crippen LogP contribution in [-0.4, -0.2) is 32.0 Å². The molecule has 7 nitrogen and oxygen atoms in total. The molecular formula is C16H21N5O2S. The van der Waals surface area contributed by atoms with Gasteiger partial charge in [-0.3, -0.25) is 10.1 Å². The Morgan fingerprint density at radius 3 is 2.50 bits per heavy atom. The van der Waals surface area contributed by atoms with Crippen LogP contribution in [0.2, 0.25) is 0 Å². The topological polar surface area (TPSA) is 103 Å². The maximum Gasteiger partial charge on any atom is 0.318 e. The van der Waals surface area contributed by atoms with E-state index in [-0.39, 0.29) is 5.92 Å². The molecule has 2 aromatic rings. The van der Waals surface area contributed by atoms with E-state index in [0.29, 0.717) is 5.16 Å². The number of nitrogens with two attached hydrogens (primary N) is 1. The van der Waals surface area contributed by atoms with E-state index in [2.05, 4.69) is 15.5 Å². The number of carbonyl (C=O) groups is 2. The van der Waals surface area contributed by atoms with Gasteiger partial charge in [-0.2, -0.15) is 0 Å². The van der Waals surface area contributed by atoms with Gasteiger partial charge < -0.3 is 10.3 Å². The monoisotopic (exact) mass is 347 g/mol. The molecule has 128 valence electrons. The van der Waals surface area contributed by atoms with Crippen LogP contribution in [0.15, 0.2) is 29.4 Å². The standard InChI is InChI=1S/C16H21N5O2S/c1-9(2)12(14(22)18-15(17)23)24-16-20-19-13(21(16)4)11-8-6-5-7-10(11)3/h5-9,12H,1-4H3,(H3,17,18,22,23)/t12-/m0/s1. The van der Waals surface area contributed by atoms with Gasteiger partial charge in [0, 0.05) is 12.6 Å². The maximum atomic E-state index is 12.2. The molecule has 0 aliphatic rings. The van der Waals surface area contributed by atoms with E-state index in [1.807, 2.05) is 56.7 Å². The highest BCUT2D eigenvalue weighted by Crippen LogP contribution is 2.30. The molecule has 1 aromatic heterocycles. The predicted octanol–water partition coefficient (Wildman–Crippen LogP) is 2.10. The molecule has 24 heavy (non-hydrogen) atoms. The summed E-state index contributed by atoms with van der Waals surface area (Å²) < 4.78 is 1.85. The van der Waals surface area contributed by atoms with Crippen LogP contribution in [-0.2, 0) is 11.8 Å². The summed E-state index contributed by atoms with van der Waals surface area (Å²) >= 11 is 1.26. The van der Waals surface area contributed by atoms with E-state index in [9.17, 15) is 9.59 Å². The number of benzene rings is 1. The molecule has 1 aromatic carbocycles. The highest BCUT2D eigenvalue weighted by atomic mass is 32.2. The number of hydrogen-bond acceptors (Lipinski definition) is 5. The third-order valence-electron chi connectivity index (χ3n) is 3.56. The van der Waals surface area contributed by atoms with Gasteiger partial charge >= 0.3 is 6.03 Å². The smallest absolute Gasteiger partial charge is 0.318 e. The number of primary amides is 1. The first-order chi connectivity index (χ1) is 11.3. The van der Waals surface area contributed by atoms with Gasteiger partial charge in [-0.05, 0) is 18.4 Å². The summed E-state index contributed by atoms with van der Waals surface area (Å²) in [5.74, 6) is 0.296. The van der Waals surface area contributed by atoms with E-state index in [1.165, 1.54) is 11.8 Å². The van der Waals surface area contributed by atoms with Crippen molar-refractivity contribution in [3.05, 3.63) is 29.8 Å². The zero-order chi connectivity index (χ0) is 17.9. The van der Waals surface area contributed by atoms with Crippen LogP contribution in [0.4, 0.5) is 4.79 Å². The number of aromatic nitrogens is 3. The lowest BCUT2D eigenvalue weighted by molar-refractivity contribution is -0.120. The first-order valence-electron chi connectivity index (χ1n) is 7.53. The van der Waals surface area contributed by atoms with Crippen LogP contribution in [0, 0.1) is 12.8 Å². The third-order valence-corrected chi connectivity index (χ3v) is 5.14. The molecule has 0 aliphatic carbocycles. The highest BCUT2D eigenvalue weighted by Gasteiger charge is 2.27. The van der Waals surface area contributed by atoms with Crippen LogP contribution >= 0.6 is 11.8 Å². The Labute approximate surface area is 145 Å². The SMILES string of the molecule is Cc1ccccc1-c1nnc(S[C@H](C(=O)NC(N)=O)C(C)C)n1C. The number of carbonyl (C=O) groups excluding carboxylic acids is 2. The molecule has 0 unspecified atom stereocenters. The minimum Gasteiger partial charge on any atom is -0.351 e. The molecule has 1 heterocycles. The second-order valence-corrected chi connectivity index (χ2v) is 6.92. The lowest BCUT2D eigenvalue weighted by Gasteiger charge is -2.18. The largest absolute Gasteiger partial charge is 0.351 e. The Kier molecular flexibility index (Phi) is 5.61. The molecule has 3 amide bonds. The molecule has 0 aliphatic heterocycles. The van der Waals surface area contributed by atoms with Gasteiger partial charge in [0.15, 0.2) is 11.0 Å². The molecular weight excluding hydrogens is 326 g/mol. The van der Waals surface area contributed by atoms with Crippen LogP contribution in [0.1, 0.15) is 19.4 Å². The Bertz CT molecular complexity index is 757. The second-order valence-electron chi connectivity index (χ2n) is 5.82. The number of aryl methyl sites for hydroxylation is 1. The number of thioether (sulfide) groups is 1. The molecule has 8 heteroatoms. The molecule has 3 N–H and O–H groups in total. The van der Waals surface area contributed by atoms with Gasteiger partial charge in [-0.15, -0.1) is 10.2 Å². The minimum absolute atomic E-state index is 0.00652. The van der Waals surface area contributed by atoms with E-state index < -0.39 is 17.2 Å². The Morgan fingerprint density at radius 2 is 1.92 bits per heavy atom. The molecule has 0 saturated heterocycles. The molecule has 0 bridgehead atoms. The number of hydrogen-bond donors (Lipinski definition) is 2. The van der Waals surface area contributed by atoms with Crippen molar-refractivity contribution < 1.29 is 9.59 Å².